The van der Waals surface area contributed by atoms with Gasteiger partial charge in [0.15, 0.2) is 0 Å². The van der Waals surface area contributed by atoms with E-state index in [-0.39, 0.29) is 23.8 Å². The van der Waals surface area contributed by atoms with Crippen LogP contribution < -0.4 is 0 Å². The monoisotopic (exact) mass is 255 g/mol. The molecule has 1 aliphatic heterocycles. The topological polar surface area (TPSA) is 60.8 Å². The molecule has 0 radical (unpaired) electrons. The van der Waals surface area contributed by atoms with Crippen molar-refractivity contribution in [2.45, 2.75) is 18.9 Å². The summed E-state index contributed by atoms with van der Waals surface area (Å²) in [6.45, 7) is 2.49. The Kier molecular flexibility index (Phi) is 3.02. The number of carbonyl (C=O) groups excluding carboxylic acids is 1. The van der Waals surface area contributed by atoms with Gasteiger partial charge in [0.05, 0.1) is 16.2 Å². The van der Waals surface area contributed by atoms with Crippen molar-refractivity contribution in [3.8, 4) is 5.75 Å². The summed E-state index contributed by atoms with van der Waals surface area (Å²) >= 11 is 5.92. The fourth-order valence-electron chi connectivity index (χ4n) is 1.97. The molecule has 1 unspecified atom stereocenters. The van der Waals surface area contributed by atoms with Crippen LogP contribution in [-0.4, -0.2) is 39.7 Å². The number of hydrogen-bond donors (Lipinski definition) is 2. The molecule has 0 spiro atoms. The quantitative estimate of drug-likeness (QED) is 0.802. The first-order valence-electron chi connectivity index (χ1n) is 5.39. The minimum absolute atomic E-state index is 0.00343. The van der Waals surface area contributed by atoms with E-state index in [2.05, 4.69) is 0 Å². The van der Waals surface area contributed by atoms with E-state index in [9.17, 15) is 15.0 Å². The highest BCUT2D eigenvalue weighted by atomic mass is 35.5. The molecule has 1 aliphatic rings. The summed E-state index contributed by atoms with van der Waals surface area (Å²) in [5, 5.41) is 19.5. The zero-order chi connectivity index (χ0) is 12.6. The number of phenolic OH excluding ortho intramolecular Hbond substituents is 1. The number of likely N-dealkylation sites (tertiary alicyclic amines) is 1. The molecule has 1 atom stereocenters. The fraction of sp³-hybridized carbons (Fsp3) is 0.417. The van der Waals surface area contributed by atoms with Crippen LogP contribution in [0.3, 0.4) is 0 Å². The first kappa shape index (κ1) is 12.2. The van der Waals surface area contributed by atoms with E-state index < -0.39 is 5.60 Å². The first-order chi connectivity index (χ1) is 7.89. The molecule has 2 N–H and O–H groups in total. The molecule has 0 aliphatic carbocycles. The van der Waals surface area contributed by atoms with Crippen LogP contribution in [0.25, 0.3) is 0 Å². The summed E-state index contributed by atoms with van der Waals surface area (Å²) < 4.78 is 0. The van der Waals surface area contributed by atoms with Crippen LogP contribution in [0.5, 0.6) is 5.75 Å². The van der Waals surface area contributed by atoms with E-state index in [1.54, 1.807) is 11.8 Å². The largest absolute Gasteiger partial charge is 0.508 e. The molecule has 0 saturated carbocycles. The maximum absolute atomic E-state index is 12.1. The van der Waals surface area contributed by atoms with Gasteiger partial charge < -0.3 is 15.1 Å². The Morgan fingerprint density at radius 1 is 1.53 bits per heavy atom. The van der Waals surface area contributed by atoms with Crippen LogP contribution >= 0.6 is 11.6 Å². The van der Waals surface area contributed by atoms with Gasteiger partial charge in [-0.1, -0.05) is 11.6 Å². The van der Waals surface area contributed by atoms with Crippen LogP contribution in [0.2, 0.25) is 5.02 Å². The zero-order valence-corrected chi connectivity index (χ0v) is 10.2. The van der Waals surface area contributed by atoms with Gasteiger partial charge in [0.2, 0.25) is 0 Å². The highest BCUT2D eigenvalue weighted by Gasteiger charge is 2.34. The number of carbonyl (C=O) groups is 1. The minimum Gasteiger partial charge on any atom is -0.508 e. The van der Waals surface area contributed by atoms with Gasteiger partial charge in [0.25, 0.3) is 5.91 Å². The Morgan fingerprint density at radius 2 is 2.24 bits per heavy atom. The summed E-state index contributed by atoms with van der Waals surface area (Å²) in [4.78, 5) is 13.7. The van der Waals surface area contributed by atoms with Crippen molar-refractivity contribution in [1.29, 1.82) is 0 Å². The molecule has 4 nitrogen and oxygen atoms in total. The molecule has 1 aromatic carbocycles. The number of amides is 1. The summed E-state index contributed by atoms with van der Waals surface area (Å²) in [5.41, 5.74) is -0.566. The molecule has 92 valence electrons. The third kappa shape index (κ3) is 2.53. The van der Waals surface area contributed by atoms with Crippen LogP contribution in [-0.2, 0) is 0 Å². The summed E-state index contributed by atoms with van der Waals surface area (Å²) in [5.74, 6) is -0.257. The van der Waals surface area contributed by atoms with Crippen molar-refractivity contribution in [3.63, 3.8) is 0 Å². The summed E-state index contributed by atoms with van der Waals surface area (Å²) in [6.07, 6.45) is 0.551. The summed E-state index contributed by atoms with van der Waals surface area (Å²) in [7, 11) is 0. The van der Waals surface area contributed by atoms with Gasteiger partial charge in [-0.05, 0) is 31.5 Å². The molecule has 1 amide bonds. The number of nitrogens with zero attached hydrogens (tertiary/aromatic N) is 1. The van der Waals surface area contributed by atoms with E-state index in [1.807, 2.05) is 0 Å². The molecule has 1 aromatic rings. The van der Waals surface area contributed by atoms with Gasteiger partial charge >= 0.3 is 0 Å². The van der Waals surface area contributed by atoms with Gasteiger partial charge in [-0.2, -0.15) is 0 Å². The number of halogens is 1. The summed E-state index contributed by atoms with van der Waals surface area (Å²) in [6, 6.07) is 4.26. The smallest absolute Gasteiger partial charge is 0.255 e. The zero-order valence-electron chi connectivity index (χ0n) is 9.48. The Balaban J connectivity index is 2.23. The highest BCUT2D eigenvalue weighted by molar-refractivity contribution is 6.33. The predicted octanol–water partition coefficient (Wildman–Crippen LogP) is 1.64. The fourth-order valence-corrected chi connectivity index (χ4v) is 2.16. The average Bonchev–Trinajstić information content (AvgIpc) is 2.61. The lowest BCUT2D eigenvalue weighted by atomic mass is 10.1. The molecule has 1 saturated heterocycles. The van der Waals surface area contributed by atoms with Crippen LogP contribution in [0.15, 0.2) is 18.2 Å². The lowest BCUT2D eigenvalue weighted by molar-refractivity contribution is 0.0572. The molecule has 0 aromatic heterocycles. The Morgan fingerprint density at radius 3 is 2.82 bits per heavy atom. The van der Waals surface area contributed by atoms with Gasteiger partial charge in [-0.25, -0.2) is 0 Å². The Labute approximate surface area is 104 Å². The van der Waals surface area contributed by atoms with Gasteiger partial charge in [-0.3, -0.25) is 4.79 Å². The normalized spacial score (nSPS) is 24.1. The van der Waals surface area contributed by atoms with Crippen LogP contribution in [0, 0.1) is 0 Å². The number of benzene rings is 1. The minimum atomic E-state index is -0.834. The average molecular weight is 256 g/mol. The van der Waals surface area contributed by atoms with E-state index >= 15 is 0 Å². The van der Waals surface area contributed by atoms with E-state index in [4.69, 9.17) is 11.6 Å². The van der Waals surface area contributed by atoms with Crippen molar-refractivity contribution in [2.24, 2.45) is 0 Å². The second-order valence-electron chi connectivity index (χ2n) is 4.64. The van der Waals surface area contributed by atoms with Crippen molar-refractivity contribution in [1.82, 2.24) is 4.90 Å². The molecule has 1 heterocycles. The van der Waals surface area contributed by atoms with Crippen molar-refractivity contribution < 1.29 is 15.0 Å². The van der Waals surface area contributed by atoms with Gasteiger partial charge in [0, 0.05) is 13.1 Å². The van der Waals surface area contributed by atoms with Gasteiger partial charge in [-0.15, -0.1) is 0 Å². The van der Waals surface area contributed by atoms with Gasteiger partial charge in [0.1, 0.15) is 5.75 Å². The van der Waals surface area contributed by atoms with E-state index in [0.717, 1.165) is 0 Å². The molecule has 0 bridgehead atoms. The van der Waals surface area contributed by atoms with Crippen molar-refractivity contribution in [2.75, 3.05) is 13.1 Å². The predicted molar refractivity (Wildman–Crippen MR) is 64.3 cm³/mol. The molecule has 5 heteroatoms. The SMILES string of the molecule is CC1(O)CCN(C(=O)c2cc(O)ccc2Cl)C1. The lowest BCUT2D eigenvalue weighted by Crippen LogP contribution is -2.34. The maximum Gasteiger partial charge on any atom is 0.255 e. The molecule has 17 heavy (non-hydrogen) atoms. The number of phenols is 1. The Bertz CT molecular complexity index is 459. The lowest BCUT2D eigenvalue weighted by Gasteiger charge is -2.19. The second kappa shape index (κ2) is 4.20. The number of rotatable bonds is 1. The van der Waals surface area contributed by atoms with Crippen LogP contribution in [0.4, 0.5) is 0 Å². The molecular formula is C12H14ClNO3. The molecule has 2 rings (SSSR count). The van der Waals surface area contributed by atoms with Crippen molar-refractivity contribution in [3.05, 3.63) is 28.8 Å². The van der Waals surface area contributed by atoms with Crippen LogP contribution in [0.1, 0.15) is 23.7 Å². The third-order valence-electron chi connectivity index (χ3n) is 2.92. The molecule has 1 fully saturated rings. The number of β-amino-alcohol motifs (C(OH)–C–C–N with tert-alkyl or cyclic N) is 1. The van der Waals surface area contributed by atoms with E-state index in [1.165, 1.54) is 18.2 Å². The highest BCUT2D eigenvalue weighted by Crippen LogP contribution is 2.26. The van der Waals surface area contributed by atoms with E-state index in [0.29, 0.717) is 18.0 Å². The maximum atomic E-state index is 12.1. The molecular weight excluding hydrogens is 242 g/mol. The third-order valence-corrected chi connectivity index (χ3v) is 3.25. The number of hydrogen-bond acceptors (Lipinski definition) is 3. The second-order valence-corrected chi connectivity index (χ2v) is 5.04. The van der Waals surface area contributed by atoms with Crippen molar-refractivity contribution >= 4 is 17.5 Å². The standard InChI is InChI=1S/C12H14ClNO3/c1-12(17)4-5-14(7-12)11(16)9-6-8(15)2-3-10(9)13/h2-3,6,15,17H,4-5,7H2,1H3. The number of aromatic hydroxyl groups is 1. The first-order valence-corrected chi connectivity index (χ1v) is 5.77. The number of aliphatic hydroxyl groups is 1. The Hall–Kier alpha value is -1.26.